The number of hydrogen-bond acceptors (Lipinski definition) is 3. The Kier molecular flexibility index (Phi) is 6.97. The van der Waals surface area contributed by atoms with E-state index in [1.165, 1.54) is 37.0 Å². The van der Waals surface area contributed by atoms with Crippen molar-refractivity contribution in [1.29, 1.82) is 0 Å². The Hall–Kier alpha value is -1.81. The van der Waals surface area contributed by atoms with Crippen LogP contribution in [0, 0.1) is 0 Å². The molecule has 0 unspecified atom stereocenters. The van der Waals surface area contributed by atoms with Crippen molar-refractivity contribution in [2.75, 3.05) is 11.9 Å². The van der Waals surface area contributed by atoms with Crippen molar-refractivity contribution in [1.82, 2.24) is 0 Å². The molecule has 4 heteroatoms. The van der Waals surface area contributed by atoms with Gasteiger partial charge in [-0.25, -0.2) is 0 Å². The molecule has 0 aliphatic rings. The summed E-state index contributed by atoms with van der Waals surface area (Å²) >= 11 is 1.43. The van der Waals surface area contributed by atoms with Gasteiger partial charge in [-0.2, -0.15) is 0 Å². The second kappa shape index (κ2) is 9.26. The highest BCUT2D eigenvalue weighted by molar-refractivity contribution is 7.12. The Morgan fingerprint density at radius 3 is 2.77 bits per heavy atom. The molecule has 1 aromatic heterocycles. The molecule has 22 heavy (non-hydrogen) atoms. The second-order valence-corrected chi connectivity index (χ2v) is 6.17. The summed E-state index contributed by atoms with van der Waals surface area (Å²) < 4.78 is 5.75. The molecule has 3 nitrogen and oxygen atoms in total. The molecular weight excluding hydrogens is 294 g/mol. The van der Waals surface area contributed by atoms with E-state index >= 15 is 0 Å². The summed E-state index contributed by atoms with van der Waals surface area (Å²) in [6.07, 6.45) is 6.11. The maximum atomic E-state index is 12.0. The highest BCUT2D eigenvalue weighted by Gasteiger charge is 2.07. The van der Waals surface area contributed by atoms with Gasteiger partial charge in [0.25, 0.3) is 5.91 Å². The lowest BCUT2D eigenvalue weighted by atomic mass is 10.2. The van der Waals surface area contributed by atoms with Gasteiger partial charge in [-0.3, -0.25) is 4.79 Å². The molecule has 1 aromatic carbocycles. The van der Waals surface area contributed by atoms with E-state index in [9.17, 15) is 4.79 Å². The van der Waals surface area contributed by atoms with Crippen molar-refractivity contribution in [2.24, 2.45) is 0 Å². The third-order valence-electron chi connectivity index (χ3n) is 3.35. The van der Waals surface area contributed by atoms with E-state index in [1.54, 1.807) is 0 Å². The predicted molar refractivity (Wildman–Crippen MR) is 93.0 cm³/mol. The average molecular weight is 317 g/mol. The number of nitrogens with one attached hydrogen (secondary N) is 1. The van der Waals surface area contributed by atoms with Crippen LogP contribution in [-0.4, -0.2) is 12.5 Å². The first-order chi connectivity index (χ1) is 10.8. The third kappa shape index (κ3) is 5.53. The van der Waals surface area contributed by atoms with Crippen LogP contribution in [0.25, 0.3) is 0 Å². The first-order valence-corrected chi connectivity index (χ1v) is 8.75. The maximum Gasteiger partial charge on any atom is 0.265 e. The van der Waals surface area contributed by atoms with Gasteiger partial charge in [0.15, 0.2) is 0 Å². The summed E-state index contributed by atoms with van der Waals surface area (Å²) in [5.74, 6) is 0.728. The van der Waals surface area contributed by atoms with Crippen LogP contribution in [0.5, 0.6) is 5.75 Å². The fraction of sp³-hybridized carbons (Fsp3) is 0.389. The number of amides is 1. The zero-order valence-corrected chi connectivity index (χ0v) is 13.8. The van der Waals surface area contributed by atoms with Crippen LogP contribution in [0.3, 0.4) is 0 Å². The maximum absolute atomic E-state index is 12.0. The van der Waals surface area contributed by atoms with Gasteiger partial charge in [-0.1, -0.05) is 44.7 Å². The highest BCUT2D eigenvalue weighted by atomic mass is 32.1. The zero-order valence-electron chi connectivity index (χ0n) is 13.0. The topological polar surface area (TPSA) is 38.3 Å². The van der Waals surface area contributed by atoms with E-state index in [0.29, 0.717) is 4.88 Å². The zero-order chi connectivity index (χ0) is 15.6. The van der Waals surface area contributed by atoms with Gasteiger partial charge >= 0.3 is 0 Å². The van der Waals surface area contributed by atoms with Gasteiger partial charge in [0.2, 0.25) is 0 Å². The normalized spacial score (nSPS) is 10.4. The Balaban J connectivity index is 1.78. The second-order valence-electron chi connectivity index (χ2n) is 5.22. The quantitative estimate of drug-likeness (QED) is 0.633. The van der Waals surface area contributed by atoms with Crippen LogP contribution < -0.4 is 10.1 Å². The lowest BCUT2D eigenvalue weighted by molar-refractivity contribution is 0.103. The van der Waals surface area contributed by atoms with Gasteiger partial charge in [0, 0.05) is 11.8 Å². The van der Waals surface area contributed by atoms with Gasteiger partial charge < -0.3 is 10.1 Å². The number of ether oxygens (including phenoxy) is 1. The number of carbonyl (C=O) groups is 1. The molecule has 2 rings (SSSR count). The number of benzene rings is 1. The van der Waals surface area contributed by atoms with E-state index in [0.717, 1.165) is 24.5 Å². The fourth-order valence-corrected chi connectivity index (χ4v) is 2.78. The molecule has 118 valence electrons. The standard InChI is InChI=1S/C18H23NO2S/c1-2-3-4-5-6-12-21-16-10-7-9-15(14-16)19-18(20)17-11-8-13-22-17/h7-11,13-14H,2-6,12H2,1H3,(H,19,20). The lowest BCUT2D eigenvalue weighted by Gasteiger charge is -2.09. The Morgan fingerprint density at radius 2 is 2.00 bits per heavy atom. The molecule has 0 aliphatic heterocycles. The number of hydrogen-bond donors (Lipinski definition) is 1. The molecule has 0 atom stereocenters. The number of anilines is 1. The number of carbonyl (C=O) groups excluding carboxylic acids is 1. The Morgan fingerprint density at radius 1 is 1.14 bits per heavy atom. The molecule has 0 saturated heterocycles. The first kappa shape index (κ1) is 16.6. The predicted octanol–water partition coefficient (Wildman–Crippen LogP) is 5.35. The Bertz CT molecular complexity index is 566. The third-order valence-corrected chi connectivity index (χ3v) is 4.22. The number of thiophene rings is 1. The summed E-state index contributed by atoms with van der Waals surface area (Å²) in [6.45, 7) is 2.94. The van der Waals surface area contributed by atoms with E-state index in [4.69, 9.17) is 4.74 Å². The first-order valence-electron chi connectivity index (χ1n) is 7.87. The summed E-state index contributed by atoms with van der Waals surface area (Å²) in [5.41, 5.74) is 0.766. The van der Waals surface area contributed by atoms with Crippen molar-refractivity contribution in [2.45, 2.75) is 39.0 Å². The van der Waals surface area contributed by atoms with E-state index < -0.39 is 0 Å². The molecule has 0 aliphatic carbocycles. The fourth-order valence-electron chi connectivity index (χ4n) is 2.16. The van der Waals surface area contributed by atoms with Crippen molar-refractivity contribution in [3.63, 3.8) is 0 Å². The molecule has 1 N–H and O–H groups in total. The van der Waals surface area contributed by atoms with Crippen LogP contribution in [0.1, 0.15) is 48.7 Å². The van der Waals surface area contributed by atoms with Gasteiger partial charge in [0.1, 0.15) is 5.75 Å². The Labute approximate surface area is 136 Å². The smallest absolute Gasteiger partial charge is 0.265 e. The van der Waals surface area contributed by atoms with Crippen LogP contribution in [-0.2, 0) is 0 Å². The van der Waals surface area contributed by atoms with Gasteiger partial charge in [-0.15, -0.1) is 11.3 Å². The van der Waals surface area contributed by atoms with Crippen LogP contribution in [0.2, 0.25) is 0 Å². The highest BCUT2D eigenvalue weighted by Crippen LogP contribution is 2.19. The largest absolute Gasteiger partial charge is 0.494 e. The molecular formula is C18H23NO2S. The van der Waals surface area contributed by atoms with Crippen LogP contribution in [0.4, 0.5) is 5.69 Å². The van der Waals surface area contributed by atoms with Gasteiger partial charge in [-0.05, 0) is 30.0 Å². The minimum absolute atomic E-state index is 0.0771. The lowest BCUT2D eigenvalue weighted by Crippen LogP contribution is -2.10. The molecule has 0 saturated carbocycles. The molecule has 0 fully saturated rings. The summed E-state index contributed by atoms with van der Waals surface area (Å²) in [6, 6.07) is 11.3. The molecule has 2 aromatic rings. The molecule has 1 heterocycles. The van der Waals surface area contributed by atoms with E-state index in [2.05, 4.69) is 12.2 Å². The number of rotatable bonds is 9. The molecule has 0 bridgehead atoms. The minimum Gasteiger partial charge on any atom is -0.494 e. The molecule has 1 amide bonds. The van der Waals surface area contributed by atoms with E-state index in [1.807, 2.05) is 41.8 Å². The van der Waals surface area contributed by atoms with Crippen molar-refractivity contribution >= 4 is 22.9 Å². The molecule has 0 radical (unpaired) electrons. The SMILES string of the molecule is CCCCCCCOc1cccc(NC(=O)c2cccs2)c1. The summed E-state index contributed by atoms with van der Waals surface area (Å²) in [4.78, 5) is 12.7. The number of unbranched alkanes of at least 4 members (excludes halogenated alkanes) is 4. The van der Waals surface area contributed by atoms with Gasteiger partial charge in [0.05, 0.1) is 11.5 Å². The van der Waals surface area contributed by atoms with Crippen molar-refractivity contribution < 1.29 is 9.53 Å². The minimum atomic E-state index is -0.0771. The van der Waals surface area contributed by atoms with Crippen LogP contribution in [0.15, 0.2) is 41.8 Å². The van der Waals surface area contributed by atoms with E-state index in [-0.39, 0.29) is 5.91 Å². The monoisotopic (exact) mass is 317 g/mol. The van der Waals surface area contributed by atoms with Crippen molar-refractivity contribution in [3.05, 3.63) is 46.7 Å². The van der Waals surface area contributed by atoms with Crippen LogP contribution >= 0.6 is 11.3 Å². The van der Waals surface area contributed by atoms with Crippen molar-refractivity contribution in [3.8, 4) is 5.75 Å². The molecule has 0 spiro atoms. The average Bonchev–Trinajstić information content (AvgIpc) is 3.06. The summed E-state index contributed by atoms with van der Waals surface area (Å²) in [7, 11) is 0. The summed E-state index contributed by atoms with van der Waals surface area (Å²) in [5, 5.41) is 4.79.